The van der Waals surface area contributed by atoms with E-state index in [1.807, 2.05) is 19.1 Å². The predicted octanol–water partition coefficient (Wildman–Crippen LogP) is 2.54. The Morgan fingerprint density at radius 1 is 0.957 bits per heavy atom. The molecule has 0 aromatic heterocycles. The van der Waals surface area contributed by atoms with Crippen LogP contribution in [0.3, 0.4) is 0 Å². The minimum atomic E-state index is -0.401. The van der Waals surface area contributed by atoms with Crippen molar-refractivity contribution < 1.29 is 19.0 Å². The van der Waals surface area contributed by atoms with Gasteiger partial charge in [0.1, 0.15) is 30.5 Å². The van der Waals surface area contributed by atoms with Crippen LogP contribution in [0, 0.1) is 6.92 Å². The third-order valence-electron chi connectivity index (χ3n) is 3.01. The molecule has 0 spiro atoms. The van der Waals surface area contributed by atoms with Crippen LogP contribution in [-0.4, -0.2) is 19.2 Å². The van der Waals surface area contributed by atoms with Gasteiger partial charge in [-0.05, 0) is 36.8 Å². The fraction of sp³-hybridized carbons (Fsp3) is 0.235. The van der Waals surface area contributed by atoms with Crippen molar-refractivity contribution in [3.63, 3.8) is 0 Å². The van der Waals surface area contributed by atoms with Gasteiger partial charge >= 0.3 is 5.97 Å². The summed E-state index contributed by atoms with van der Waals surface area (Å²) in [5.41, 5.74) is 13.7. The first-order valence-electron chi connectivity index (χ1n) is 7.15. The lowest BCUT2D eigenvalue weighted by molar-refractivity contribution is -0.131. The lowest BCUT2D eigenvalue weighted by Gasteiger charge is -2.12. The molecule has 4 N–H and O–H groups in total. The second kappa shape index (κ2) is 7.40. The molecule has 2 aromatic carbocycles. The molecule has 0 saturated heterocycles. The molecule has 0 unspecified atom stereocenters. The average molecular weight is 316 g/mol. The minimum Gasteiger partial charge on any atom is -0.488 e. The smallest absolute Gasteiger partial charge is 0.308 e. The Kier molecular flexibility index (Phi) is 5.30. The first-order valence-corrected chi connectivity index (χ1v) is 7.15. The molecule has 0 heterocycles. The quantitative estimate of drug-likeness (QED) is 0.368. The standard InChI is InChI=1S/C17H20N2O4/c1-11-3-5-14(18)17(9-11)22-8-7-21-16-6-4-13(10-15(16)19)23-12(2)20/h3-6,9-10H,7-8,18-19H2,1-2H3. The molecule has 2 aromatic rings. The van der Waals surface area contributed by atoms with Crippen LogP contribution >= 0.6 is 0 Å². The Hall–Kier alpha value is -2.89. The zero-order chi connectivity index (χ0) is 16.8. The summed E-state index contributed by atoms with van der Waals surface area (Å²) >= 11 is 0. The van der Waals surface area contributed by atoms with Gasteiger partial charge in [0.05, 0.1) is 11.4 Å². The van der Waals surface area contributed by atoms with Gasteiger partial charge in [-0.15, -0.1) is 0 Å². The van der Waals surface area contributed by atoms with Crippen LogP contribution in [0.4, 0.5) is 11.4 Å². The molecule has 6 nitrogen and oxygen atoms in total. The topological polar surface area (TPSA) is 96.8 Å². The number of carbonyl (C=O) groups excluding carboxylic acids is 1. The van der Waals surface area contributed by atoms with E-state index in [0.717, 1.165) is 5.56 Å². The van der Waals surface area contributed by atoms with Crippen LogP contribution < -0.4 is 25.7 Å². The highest BCUT2D eigenvalue weighted by molar-refractivity contribution is 5.70. The summed E-state index contributed by atoms with van der Waals surface area (Å²) in [5, 5.41) is 0. The van der Waals surface area contributed by atoms with E-state index in [9.17, 15) is 4.79 Å². The highest BCUT2D eigenvalue weighted by Crippen LogP contribution is 2.27. The third-order valence-corrected chi connectivity index (χ3v) is 3.01. The summed E-state index contributed by atoms with van der Waals surface area (Å²) in [6.07, 6.45) is 0. The molecule has 122 valence electrons. The van der Waals surface area contributed by atoms with Crippen LogP contribution in [-0.2, 0) is 4.79 Å². The summed E-state index contributed by atoms with van der Waals surface area (Å²) in [4.78, 5) is 10.9. The molecule has 2 rings (SSSR count). The van der Waals surface area contributed by atoms with E-state index in [1.165, 1.54) is 13.0 Å². The van der Waals surface area contributed by atoms with Gasteiger partial charge in [0.15, 0.2) is 0 Å². The number of anilines is 2. The minimum absolute atomic E-state index is 0.310. The number of hydrogen-bond acceptors (Lipinski definition) is 6. The van der Waals surface area contributed by atoms with Crippen molar-refractivity contribution in [3.8, 4) is 17.2 Å². The lowest BCUT2D eigenvalue weighted by Crippen LogP contribution is -2.11. The normalized spacial score (nSPS) is 10.2. The van der Waals surface area contributed by atoms with Crippen LogP contribution in [0.2, 0.25) is 0 Å². The molecule has 0 aliphatic carbocycles. The highest BCUT2D eigenvalue weighted by Gasteiger charge is 2.05. The van der Waals surface area contributed by atoms with Gasteiger partial charge in [0, 0.05) is 13.0 Å². The highest BCUT2D eigenvalue weighted by atomic mass is 16.5. The number of hydrogen-bond donors (Lipinski definition) is 2. The number of esters is 1. The first-order chi connectivity index (χ1) is 11.0. The first kappa shape index (κ1) is 16.5. The second-order valence-corrected chi connectivity index (χ2v) is 5.03. The summed E-state index contributed by atoms with van der Waals surface area (Å²) in [7, 11) is 0. The van der Waals surface area contributed by atoms with E-state index in [1.54, 1.807) is 18.2 Å². The van der Waals surface area contributed by atoms with Crippen LogP contribution in [0.1, 0.15) is 12.5 Å². The summed E-state index contributed by atoms with van der Waals surface area (Å²) in [6.45, 7) is 3.94. The molecule has 0 aliphatic heterocycles. The zero-order valence-electron chi connectivity index (χ0n) is 13.2. The molecule has 0 atom stereocenters. The van der Waals surface area contributed by atoms with E-state index < -0.39 is 5.97 Å². The average Bonchev–Trinajstić information content (AvgIpc) is 2.48. The number of nitrogens with two attached hydrogens (primary N) is 2. The monoisotopic (exact) mass is 316 g/mol. The van der Waals surface area contributed by atoms with Crippen molar-refractivity contribution in [1.82, 2.24) is 0 Å². The van der Waals surface area contributed by atoms with Gasteiger partial charge in [0.2, 0.25) is 0 Å². The summed E-state index contributed by atoms with van der Waals surface area (Å²) in [5.74, 6) is 1.11. The van der Waals surface area contributed by atoms with Crippen LogP contribution in [0.15, 0.2) is 36.4 Å². The largest absolute Gasteiger partial charge is 0.488 e. The van der Waals surface area contributed by atoms with E-state index in [2.05, 4.69) is 0 Å². The van der Waals surface area contributed by atoms with Crippen molar-refractivity contribution in [2.45, 2.75) is 13.8 Å². The number of benzene rings is 2. The Labute approximate surface area is 134 Å². The number of aryl methyl sites for hydroxylation is 1. The number of nitrogen functional groups attached to an aromatic ring is 2. The van der Waals surface area contributed by atoms with Gasteiger partial charge in [-0.1, -0.05) is 6.07 Å². The predicted molar refractivity (Wildman–Crippen MR) is 88.7 cm³/mol. The molecule has 0 aliphatic rings. The summed E-state index contributed by atoms with van der Waals surface area (Å²) < 4.78 is 16.1. The van der Waals surface area contributed by atoms with Crippen molar-refractivity contribution in [3.05, 3.63) is 42.0 Å². The molecule has 0 amide bonds. The molecule has 23 heavy (non-hydrogen) atoms. The molecule has 0 saturated carbocycles. The molecule has 6 heteroatoms. The fourth-order valence-corrected chi connectivity index (χ4v) is 1.96. The van der Waals surface area contributed by atoms with Gasteiger partial charge < -0.3 is 25.7 Å². The van der Waals surface area contributed by atoms with Gasteiger partial charge in [-0.25, -0.2) is 0 Å². The maximum Gasteiger partial charge on any atom is 0.308 e. The Balaban J connectivity index is 1.86. The molecular formula is C17H20N2O4. The fourth-order valence-electron chi connectivity index (χ4n) is 1.96. The van der Waals surface area contributed by atoms with E-state index in [4.69, 9.17) is 25.7 Å². The van der Waals surface area contributed by atoms with Gasteiger partial charge in [-0.2, -0.15) is 0 Å². The lowest BCUT2D eigenvalue weighted by atomic mass is 10.2. The van der Waals surface area contributed by atoms with Gasteiger partial charge in [0.25, 0.3) is 0 Å². The zero-order valence-corrected chi connectivity index (χ0v) is 13.2. The number of rotatable bonds is 6. The van der Waals surface area contributed by atoms with Crippen molar-refractivity contribution >= 4 is 17.3 Å². The van der Waals surface area contributed by atoms with E-state index in [-0.39, 0.29) is 0 Å². The van der Waals surface area contributed by atoms with Crippen LogP contribution in [0.25, 0.3) is 0 Å². The maximum absolute atomic E-state index is 10.9. The van der Waals surface area contributed by atoms with Crippen molar-refractivity contribution in [1.29, 1.82) is 0 Å². The SMILES string of the molecule is CC(=O)Oc1ccc(OCCOc2cc(C)ccc2N)c(N)c1. The third kappa shape index (κ3) is 4.81. The Morgan fingerprint density at radius 3 is 2.30 bits per heavy atom. The molecule has 0 bridgehead atoms. The number of carbonyl (C=O) groups is 1. The van der Waals surface area contributed by atoms with E-state index in [0.29, 0.717) is 41.8 Å². The molecular weight excluding hydrogens is 296 g/mol. The second-order valence-electron chi connectivity index (χ2n) is 5.03. The van der Waals surface area contributed by atoms with Gasteiger partial charge in [-0.3, -0.25) is 4.79 Å². The summed E-state index contributed by atoms with van der Waals surface area (Å²) in [6, 6.07) is 10.4. The maximum atomic E-state index is 10.9. The van der Waals surface area contributed by atoms with E-state index >= 15 is 0 Å². The Bertz CT molecular complexity index is 701. The van der Waals surface area contributed by atoms with Crippen LogP contribution in [0.5, 0.6) is 17.2 Å². The Morgan fingerprint density at radius 2 is 1.65 bits per heavy atom. The molecule has 0 fully saturated rings. The molecule has 0 radical (unpaired) electrons. The van der Waals surface area contributed by atoms with Crippen molar-refractivity contribution in [2.75, 3.05) is 24.7 Å². The number of ether oxygens (including phenoxy) is 3. The van der Waals surface area contributed by atoms with Crippen molar-refractivity contribution in [2.24, 2.45) is 0 Å².